The van der Waals surface area contributed by atoms with Gasteiger partial charge in [-0.15, -0.1) is 0 Å². The van der Waals surface area contributed by atoms with Crippen LogP contribution in [0.1, 0.15) is 16.1 Å². The molecule has 0 aliphatic carbocycles. The van der Waals surface area contributed by atoms with Crippen molar-refractivity contribution in [3.8, 4) is 5.69 Å². The van der Waals surface area contributed by atoms with Crippen molar-refractivity contribution in [3.63, 3.8) is 0 Å². The number of carbonyl (C=O) groups excluding carboxylic acids is 1. The maximum atomic E-state index is 13.1. The van der Waals surface area contributed by atoms with Gasteiger partial charge >= 0.3 is 11.9 Å². The first-order valence-electron chi connectivity index (χ1n) is 8.62. The van der Waals surface area contributed by atoms with Crippen LogP contribution in [0.25, 0.3) is 5.69 Å². The van der Waals surface area contributed by atoms with Crippen molar-refractivity contribution in [3.05, 3.63) is 90.9 Å². The van der Waals surface area contributed by atoms with Crippen LogP contribution in [0.2, 0.25) is 0 Å². The lowest BCUT2D eigenvalue weighted by Crippen LogP contribution is -2.40. The third-order valence-electron chi connectivity index (χ3n) is 4.07. The van der Waals surface area contributed by atoms with Crippen LogP contribution in [0.4, 0.5) is 17.6 Å². The molecule has 1 amide bonds. The SMILES string of the molecule is O=C(NCCn1nc(C(F)(F)F)ccc1=O)c1c[nH]c(=O)n(-c2ccc(F)cc2)c1=O. The molecule has 2 heterocycles. The standard InChI is InChI=1S/C18H13F4N5O4/c19-10-1-3-11(4-2-10)27-16(30)12(9-24-17(27)31)15(29)23-7-8-26-14(28)6-5-13(25-26)18(20,21)22/h1-6,9H,7-8H2,(H,23,29)(H,24,31). The lowest BCUT2D eigenvalue weighted by atomic mass is 10.2. The molecule has 0 aliphatic heterocycles. The van der Waals surface area contributed by atoms with Crippen LogP contribution in [0.15, 0.2) is 57.0 Å². The molecule has 13 heteroatoms. The second-order valence-electron chi connectivity index (χ2n) is 6.16. The fourth-order valence-electron chi connectivity index (χ4n) is 2.59. The van der Waals surface area contributed by atoms with Gasteiger partial charge < -0.3 is 10.3 Å². The first-order chi connectivity index (χ1) is 14.6. The van der Waals surface area contributed by atoms with Crippen LogP contribution in [0, 0.1) is 5.82 Å². The van der Waals surface area contributed by atoms with Gasteiger partial charge in [-0.25, -0.2) is 18.4 Å². The highest BCUT2D eigenvalue weighted by molar-refractivity contribution is 5.93. The minimum Gasteiger partial charge on any atom is -0.350 e. The van der Waals surface area contributed by atoms with Crippen molar-refractivity contribution in [1.29, 1.82) is 0 Å². The molecule has 0 saturated heterocycles. The van der Waals surface area contributed by atoms with E-state index >= 15 is 0 Å². The molecular weight excluding hydrogens is 426 g/mol. The number of nitrogens with zero attached hydrogens (tertiary/aromatic N) is 3. The Kier molecular flexibility index (Phi) is 5.86. The number of nitrogens with one attached hydrogen (secondary N) is 2. The number of carbonyl (C=O) groups is 1. The van der Waals surface area contributed by atoms with Gasteiger partial charge in [-0.05, 0) is 30.3 Å². The summed E-state index contributed by atoms with van der Waals surface area (Å²) in [7, 11) is 0. The van der Waals surface area contributed by atoms with E-state index in [1.807, 2.05) is 0 Å². The summed E-state index contributed by atoms with van der Waals surface area (Å²) in [5, 5.41) is 5.45. The van der Waals surface area contributed by atoms with E-state index in [0.29, 0.717) is 21.4 Å². The summed E-state index contributed by atoms with van der Waals surface area (Å²) in [5.74, 6) is -1.54. The molecule has 31 heavy (non-hydrogen) atoms. The molecule has 0 radical (unpaired) electrons. The third-order valence-corrected chi connectivity index (χ3v) is 4.07. The second-order valence-corrected chi connectivity index (χ2v) is 6.16. The van der Waals surface area contributed by atoms with Crippen molar-refractivity contribution < 1.29 is 22.4 Å². The van der Waals surface area contributed by atoms with Crippen molar-refractivity contribution >= 4 is 5.91 Å². The van der Waals surface area contributed by atoms with E-state index in [4.69, 9.17) is 0 Å². The molecule has 9 nitrogen and oxygen atoms in total. The van der Waals surface area contributed by atoms with Crippen LogP contribution in [-0.4, -0.2) is 31.8 Å². The Labute approximate surface area is 169 Å². The molecule has 0 aliphatic rings. The van der Waals surface area contributed by atoms with Gasteiger partial charge in [0, 0.05) is 18.8 Å². The summed E-state index contributed by atoms with van der Waals surface area (Å²) in [6, 6.07) is 5.61. The summed E-state index contributed by atoms with van der Waals surface area (Å²) < 4.78 is 52.4. The van der Waals surface area contributed by atoms with Gasteiger partial charge in [-0.2, -0.15) is 18.3 Å². The van der Waals surface area contributed by atoms with Crippen LogP contribution >= 0.6 is 0 Å². The van der Waals surface area contributed by atoms with Crippen LogP contribution < -0.4 is 22.1 Å². The summed E-state index contributed by atoms with van der Waals surface area (Å²) in [6.07, 6.45) is -3.88. The molecule has 0 fully saturated rings. The number of H-pyrrole nitrogens is 1. The molecule has 0 unspecified atom stereocenters. The Morgan fingerprint density at radius 3 is 2.39 bits per heavy atom. The average Bonchev–Trinajstić information content (AvgIpc) is 2.70. The van der Waals surface area contributed by atoms with Gasteiger partial charge in [0.1, 0.15) is 11.4 Å². The molecule has 1 aromatic carbocycles. The van der Waals surface area contributed by atoms with E-state index in [1.165, 1.54) is 12.1 Å². The summed E-state index contributed by atoms with van der Waals surface area (Å²) in [6.45, 7) is -0.730. The molecule has 2 aromatic heterocycles. The summed E-state index contributed by atoms with van der Waals surface area (Å²) in [4.78, 5) is 50.7. The van der Waals surface area contributed by atoms with Crippen LogP contribution in [-0.2, 0) is 12.7 Å². The Bertz CT molecular complexity index is 1290. The molecule has 0 bridgehead atoms. The molecule has 0 spiro atoms. The maximum absolute atomic E-state index is 13.1. The fraction of sp³-hybridized carbons (Fsp3) is 0.167. The monoisotopic (exact) mass is 439 g/mol. The highest BCUT2D eigenvalue weighted by atomic mass is 19.4. The van der Waals surface area contributed by atoms with E-state index in [-0.39, 0.29) is 12.2 Å². The van der Waals surface area contributed by atoms with Crippen molar-refractivity contribution in [1.82, 2.24) is 24.6 Å². The minimum atomic E-state index is -4.75. The van der Waals surface area contributed by atoms with Gasteiger partial charge in [0.05, 0.1) is 12.2 Å². The number of aromatic nitrogens is 4. The summed E-state index contributed by atoms with van der Waals surface area (Å²) in [5.41, 5.74) is -4.42. The van der Waals surface area contributed by atoms with Gasteiger partial charge in [-0.1, -0.05) is 0 Å². The Morgan fingerprint density at radius 2 is 1.74 bits per heavy atom. The Hall–Kier alpha value is -4.03. The number of alkyl halides is 3. The molecule has 2 N–H and O–H groups in total. The molecule has 3 rings (SSSR count). The topological polar surface area (TPSA) is 119 Å². The first-order valence-corrected chi connectivity index (χ1v) is 8.62. The van der Waals surface area contributed by atoms with E-state index in [1.54, 1.807) is 0 Å². The molecule has 0 atom stereocenters. The number of aromatic amines is 1. The van der Waals surface area contributed by atoms with Crippen molar-refractivity contribution in [2.45, 2.75) is 12.7 Å². The second kappa shape index (κ2) is 8.38. The lowest BCUT2D eigenvalue weighted by Gasteiger charge is -2.10. The quantitative estimate of drug-likeness (QED) is 0.567. The number of halogens is 4. The van der Waals surface area contributed by atoms with E-state index in [9.17, 15) is 36.7 Å². The van der Waals surface area contributed by atoms with Crippen molar-refractivity contribution in [2.75, 3.05) is 6.54 Å². The molecule has 162 valence electrons. The van der Waals surface area contributed by atoms with Gasteiger partial charge in [0.2, 0.25) is 0 Å². The number of hydrogen-bond donors (Lipinski definition) is 2. The van der Waals surface area contributed by atoms with Gasteiger partial charge in [-0.3, -0.25) is 14.4 Å². The van der Waals surface area contributed by atoms with E-state index in [0.717, 1.165) is 18.3 Å². The zero-order chi connectivity index (χ0) is 22.8. The smallest absolute Gasteiger partial charge is 0.350 e. The predicted octanol–water partition coefficient (Wildman–Crippen LogP) is 0.670. The zero-order valence-corrected chi connectivity index (χ0v) is 15.4. The van der Waals surface area contributed by atoms with Gasteiger partial charge in [0.15, 0.2) is 5.69 Å². The highest BCUT2D eigenvalue weighted by Crippen LogP contribution is 2.26. The first kappa shape index (κ1) is 21.7. The largest absolute Gasteiger partial charge is 0.435 e. The normalized spacial score (nSPS) is 11.4. The number of rotatable bonds is 5. The fourth-order valence-corrected chi connectivity index (χ4v) is 2.59. The number of benzene rings is 1. The molecule has 0 saturated carbocycles. The van der Waals surface area contributed by atoms with Gasteiger partial charge in [0.25, 0.3) is 17.0 Å². The predicted molar refractivity (Wildman–Crippen MR) is 98.4 cm³/mol. The Balaban J connectivity index is 1.79. The van der Waals surface area contributed by atoms with Crippen LogP contribution in [0.3, 0.4) is 0 Å². The van der Waals surface area contributed by atoms with E-state index in [2.05, 4.69) is 15.4 Å². The number of amides is 1. The summed E-state index contributed by atoms with van der Waals surface area (Å²) >= 11 is 0. The third kappa shape index (κ3) is 4.76. The lowest BCUT2D eigenvalue weighted by molar-refractivity contribution is -0.142. The minimum absolute atomic E-state index is 0.0158. The average molecular weight is 439 g/mol. The van der Waals surface area contributed by atoms with Crippen molar-refractivity contribution in [2.24, 2.45) is 0 Å². The zero-order valence-electron chi connectivity index (χ0n) is 15.4. The number of hydrogen-bond acceptors (Lipinski definition) is 5. The molecular formula is C18H13F4N5O4. The van der Waals surface area contributed by atoms with E-state index < -0.39 is 52.5 Å². The van der Waals surface area contributed by atoms with Crippen LogP contribution in [0.5, 0.6) is 0 Å². The maximum Gasteiger partial charge on any atom is 0.435 e. The Morgan fingerprint density at radius 1 is 1.06 bits per heavy atom. The highest BCUT2D eigenvalue weighted by Gasteiger charge is 2.33. The molecule has 3 aromatic rings.